The van der Waals surface area contributed by atoms with Gasteiger partial charge in [0, 0.05) is 0 Å². The molecule has 1 aliphatic heterocycles. The third-order valence-corrected chi connectivity index (χ3v) is 1.20. The maximum absolute atomic E-state index is 11.6. The number of nitrogens with zero attached hydrogens (tertiary/aromatic N) is 1. The topological polar surface area (TPSA) is 41.5 Å². The molecular weight excluding hydrogens is 161 g/mol. The summed E-state index contributed by atoms with van der Waals surface area (Å²) < 4.78 is 34.9. The Morgan fingerprint density at radius 2 is 2.27 bits per heavy atom. The lowest BCUT2D eigenvalue weighted by Crippen LogP contribution is -2.32. The Bertz CT molecular complexity index is 198. The summed E-state index contributed by atoms with van der Waals surface area (Å²) in [6.45, 7) is 0. The molecule has 1 heterocycles. The molecular formula is C5H5F3N2O. The van der Waals surface area contributed by atoms with Gasteiger partial charge in [-0.15, -0.1) is 0 Å². The molecule has 1 rings (SSSR count). The van der Waals surface area contributed by atoms with Crippen molar-refractivity contribution in [1.82, 2.24) is 5.43 Å². The quantitative estimate of drug-likeness (QED) is 0.615. The highest BCUT2D eigenvalue weighted by atomic mass is 19.4. The predicted octanol–water partition coefficient (Wildman–Crippen LogP) is 0.465. The second-order valence-electron chi connectivity index (χ2n) is 2.16. The molecule has 0 aliphatic carbocycles. The zero-order valence-corrected chi connectivity index (χ0v) is 5.35. The predicted molar refractivity (Wildman–Crippen MR) is 31.1 cm³/mol. The summed E-state index contributed by atoms with van der Waals surface area (Å²) in [7, 11) is 0. The first-order chi connectivity index (χ1) is 4.99. The van der Waals surface area contributed by atoms with E-state index in [1.807, 2.05) is 0 Å². The van der Waals surface area contributed by atoms with Crippen LogP contribution in [0.15, 0.2) is 5.10 Å². The molecule has 0 radical (unpaired) electrons. The van der Waals surface area contributed by atoms with Gasteiger partial charge in [0.05, 0.1) is 12.6 Å². The number of hydrogen-bond acceptors (Lipinski definition) is 3. The highest BCUT2D eigenvalue weighted by Crippen LogP contribution is 2.22. The number of hydrogen-bond donors (Lipinski definition) is 1. The molecule has 0 aromatic heterocycles. The molecule has 0 spiro atoms. The summed E-state index contributed by atoms with van der Waals surface area (Å²) in [5, 5.41) is 3.21. The van der Waals surface area contributed by atoms with Gasteiger partial charge < -0.3 is 0 Å². The van der Waals surface area contributed by atoms with Gasteiger partial charge in [-0.3, -0.25) is 10.2 Å². The smallest absolute Gasteiger partial charge is 0.299 e. The number of rotatable bonds is 1. The molecule has 0 amide bonds. The molecule has 0 saturated carbocycles. The minimum atomic E-state index is -4.32. The largest absolute Gasteiger partial charge is 0.391 e. The number of ketones is 1. The fraction of sp³-hybridized carbons (Fsp3) is 0.600. The third kappa shape index (κ3) is 2.21. The number of nitrogens with one attached hydrogen (secondary N) is 1. The normalized spacial score (nSPS) is 23.9. The van der Waals surface area contributed by atoms with Crippen LogP contribution in [0.3, 0.4) is 0 Å². The number of hydrazone groups is 1. The van der Waals surface area contributed by atoms with E-state index in [1.165, 1.54) is 0 Å². The van der Waals surface area contributed by atoms with Crippen LogP contribution in [-0.2, 0) is 4.79 Å². The molecule has 0 fully saturated rings. The molecule has 1 atom stereocenters. The Hall–Kier alpha value is -1.07. The summed E-state index contributed by atoms with van der Waals surface area (Å²) in [5.41, 5.74) is 2.06. The fourth-order valence-electron chi connectivity index (χ4n) is 0.722. The fourth-order valence-corrected chi connectivity index (χ4v) is 0.722. The molecule has 11 heavy (non-hydrogen) atoms. The van der Waals surface area contributed by atoms with Gasteiger partial charge in [-0.05, 0) is 0 Å². The van der Waals surface area contributed by atoms with Gasteiger partial charge in [0.1, 0.15) is 6.04 Å². The van der Waals surface area contributed by atoms with E-state index >= 15 is 0 Å². The first-order valence-electron chi connectivity index (χ1n) is 2.88. The maximum Gasteiger partial charge on any atom is 0.391 e. The first kappa shape index (κ1) is 8.03. The van der Waals surface area contributed by atoms with Crippen molar-refractivity contribution >= 4 is 12.0 Å². The standard InChI is InChI=1S/C5H5F3N2O/c6-5(7,8)1-3-4(11)2-9-10-3/h2-3,10H,1H2. The third-order valence-electron chi connectivity index (χ3n) is 1.20. The van der Waals surface area contributed by atoms with Crippen molar-refractivity contribution in [3.8, 4) is 0 Å². The second kappa shape index (κ2) is 2.52. The Morgan fingerprint density at radius 3 is 2.64 bits per heavy atom. The van der Waals surface area contributed by atoms with Gasteiger partial charge in [0.15, 0.2) is 5.78 Å². The van der Waals surface area contributed by atoms with Gasteiger partial charge in [0.2, 0.25) is 0 Å². The minimum Gasteiger partial charge on any atom is -0.299 e. The van der Waals surface area contributed by atoms with E-state index in [0.717, 1.165) is 6.21 Å². The molecule has 0 aromatic rings. The van der Waals surface area contributed by atoms with Crippen molar-refractivity contribution < 1.29 is 18.0 Å². The van der Waals surface area contributed by atoms with E-state index < -0.39 is 24.4 Å². The number of halogens is 3. The van der Waals surface area contributed by atoms with Gasteiger partial charge in [-0.2, -0.15) is 18.3 Å². The summed E-state index contributed by atoms with van der Waals surface area (Å²) >= 11 is 0. The van der Waals surface area contributed by atoms with Crippen LogP contribution < -0.4 is 5.43 Å². The van der Waals surface area contributed by atoms with E-state index in [2.05, 4.69) is 10.5 Å². The zero-order valence-electron chi connectivity index (χ0n) is 5.35. The number of carbonyl (C=O) groups excluding carboxylic acids is 1. The van der Waals surface area contributed by atoms with E-state index in [1.54, 1.807) is 0 Å². The number of carbonyl (C=O) groups is 1. The van der Waals surface area contributed by atoms with Crippen LogP contribution in [0.1, 0.15) is 6.42 Å². The van der Waals surface area contributed by atoms with Crippen molar-refractivity contribution in [2.45, 2.75) is 18.6 Å². The van der Waals surface area contributed by atoms with Gasteiger partial charge in [-0.25, -0.2) is 0 Å². The van der Waals surface area contributed by atoms with E-state index in [0.29, 0.717) is 0 Å². The first-order valence-corrected chi connectivity index (χ1v) is 2.88. The van der Waals surface area contributed by atoms with Crippen LogP contribution >= 0.6 is 0 Å². The molecule has 6 heteroatoms. The Labute approximate surface area is 60.3 Å². The molecule has 1 N–H and O–H groups in total. The van der Waals surface area contributed by atoms with Crippen LogP contribution in [0.4, 0.5) is 13.2 Å². The molecule has 1 aliphatic rings. The molecule has 0 saturated heterocycles. The lowest BCUT2D eigenvalue weighted by Gasteiger charge is -2.10. The summed E-state index contributed by atoms with van der Waals surface area (Å²) in [4.78, 5) is 10.5. The van der Waals surface area contributed by atoms with Crippen molar-refractivity contribution in [1.29, 1.82) is 0 Å². The summed E-state index contributed by atoms with van der Waals surface area (Å²) in [6.07, 6.45) is -4.62. The molecule has 3 nitrogen and oxygen atoms in total. The van der Waals surface area contributed by atoms with Crippen molar-refractivity contribution in [2.75, 3.05) is 0 Å². The lowest BCUT2D eigenvalue weighted by molar-refractivity contribution is -0.145. The highest BCUT2D eigenvalue weighted by Gasteiger charge is 2.36. The monoisotopic (exact) mass is 166 g/mol. The van der Waals surface area contributed by atoms with Crippen molar-refractivity contribution in [3.05, 3.63) is 0 Å². The van der Waals surface area contributed by atoms with Gasteiger partial charge in [-0.1, -0.05) is 0 Å². The van der Waals surface area contributed by atoms with Crippen molar-refractivity contribution in [2.24, 2.45) is 5.10 Å². The lowest BCUT2D eigenvalue weighted by atomic mass is 10.1. The zero-order chi connectivity index (χ0) is 8.48. The molecule has 0 aromatic carbocycles. The maximum atomic E-state index is 11.6. The molecule has 1 unspecified atom stereocenters. The average molecular weight is 166 g/mol. The highest BCUT2D eigenvalue weighted by molar-refractivity contribution is 6.31. The minimum absolute atomic E-state index is 0.623. The Balaban J connectivity index is 2.46. The Kier molecular flexibility index (Phi) is 1.84. The summed E-state index contributed by atoms with van der Waals surface area (Å²) in [5.74, 6) is -0.623. The van der Waals surface area contributed by atoms with Crippen LogP contribution in [0, 0.1) is 0 Å². The van der Waals surface area contributed by atoms with Gasteiger partial charge in [0.25, 0.3) is 0 Å². The Morgan fingerprint density at radius 1 is 1.64 bits per heavy atom. The van der Waals surface area contributed by atoms with Crippen LogP contribution in [-0.4, -0.2) is 24.2 Å². The number of Topliss-reactive ketones (excluding diaryl/α,β-unsaturated/α-hetero) is 1. The van der Waals surface area contributed by atoms with Crippen molar-refractivity contribution in [3.63, 3.8) is 0 Å². The SMILES string of the molecule is O=C1C=NNC1CC(F)(F)F. The van der Waals surface area contributed by atoms with E-state index in [4.69, 9.17) is 0 Å². The molecule has 0 bridgehead atoms. The van der Waals surface area contributed by atoms with E-state index in [9.17, 15) is 18.0 Å². The van der Waals surface area contributed by atoms with Crippen LogP contribution in [0.25, 0.3) is 0 Å². The van der Waals surface area contributed by atoms with Crippen LogP contribution in [0.2, 0.25) is 0 Å². The molecule has 62 valence electrons. The average Bonchev–Trinajstić information content (AvgIpc) is 2.12. The number of alkyl halides is 3. The summed E-state index contributed by atoms with van der Waals surface area (Å²) in [6, 6.07) is -1.21. The van der Waals surface area contributed by atoms with Gasteiger partial charge >= 0.3 is 6.18 Å². The van der Waals surface area contributed by atoms with E-state index in [-0.39, 0.29) is 0 Å². The second-order valence-corrected chi connectivity index (χ2v) is 2.16. The van der Waals surface area contributed by atoms with Crippen LogP contribution in [0.5, 0.6) is 0 Å².